The molecule has 6 nitrogen and oxygen atoms in total. The molecule has 0 aliphatic carbocycles. The molecule has 2 heterocycles. The Hall–Kier alpha value is -1.96. The summed E-state index contributed by atoms with van der Waals surface area (Å²) in [4.78, 5) is 16.5. The summed E-state index contributed by atoms with van der Waals surface area (Å²) in [7, 11) is -3.65. The molecule has 1 fully saturated rings. The maximum Gasteiger partial charge on any atom is 0.257 e. The Morgan fingerprint density at radius 3 is 2.65 bits per heavy atom. The quantitative estimate of drug-likeness (QED) is 0.863. The number of sulfonamides is 1. The van der Waals surface area contributed by atoms with Crippen LogP contribution in [-0.2, 0) is 10.0 Å². The van der Waals surface area contributed by atoms with E-state index in [1.165, 1.54) is 28.7 Å². The zero-order valence-electron chi connectivity index (χ0n) is 14.4. The van der Waals surface area contributed by atoms with Gasteiger partial charge in [-0.25, -0.2) is 8.42 Å². The van der Waals surface area contributed by atoms with Gasteiger partial charge >= 0.3 is 0 Å². The lowest BCUT2D eigenvalue weighted by Gasteiger charge is -2.29. The molecule has 0 bridgehead atoms. The predicted octanol–water partition coefficient (Wildman–Crippen LogP) is 3.41. The molecule has 0 unspecified atom stereocenters. The number of hydrogen-bond acceptors (Lipinski definition) is 4. The number of nitrogens with one attached hydrogen (secondary N) is 1. The predicted molar refractivity (Wildman–Crippen MR) is 101 cm³/mol. The summed E-state index contributed by atoms with van der Waals surface area (Å²) >= 11 is 6.13. The van der Waals surface area contributed by atoms with Crippen LogP contribution in [0.5, 0.6) is 0 Å². The van der Waals surface area contributed by atoms with E-state index in [1.54, 1.807) is 18.3 Å². The van der Waals surface area contributed by atoms with Gasteiger partial charge in [-0.2, -0.15) is 4.31 Å². The summed E-state index contributed by atoms with van der Waals surface area (Å²) < 4.78 is 27.2. The number of hydrogen-bond donors (Lipinski definition) is 1. The lowest BCUT2D eigenvalue weighted by Crippen LogP contribution is -2.37. The average Bonchev–Trinajstić information content (AvgIpc) is 2.63. The molecular formula is C18H20ClN3O3S. The second-order valence-electron chi connectivity index (χ2n) is 6.42. The molecule has 8 heteroatoms. The molecule has 26 heavy (non-hydrogen) atoms. The molecule has 0 atom stereocenters. The lowest BCUT2D eigenvalue weighted by atomic mass is 10.0. The Labute approximate surface area is 158 Å². The number of rotatable bonds is 4. The van der Waals surface area contributed by atoms with Gasteiger partial charge in [0.1, 0.15) is 0 Å². The van der Waals surface area contributed by atoms with Gasteiger partial charge in [-0.15, -0.1) is 0 Å². The fourth-order valence-corrected chi connectivity index (χ4v) is 4.55. The molecule has 138 valence electrons. The number of piperidine rings is 1. The van der Waals surface area contributed by atoms with E-state index >= 15 is 0 Å². The van der Waals surface area contributed by atoms with Crippen LogP contribution in [0.2, 0.25) is 5.02 Å². The van der Waals surface area contributed by atoms with Crippen molar-refractivity contribution >= 4 is 33.2 Å². The van der Waals surface area contributed by atoms with Gasteiger partial charge in [0.15, 0.2) is 0 Å². The molecule has 0 saturated carbocycles. The van der Waals surface area contributed by atoms with E-state index in [2.05, 4.69) is 17.2 Å². The fraction of sp³-hybridized carbons (Fsp3) is 0.333. The van der Waals surface area contributed by atoms with Crippen LogP contribution >= 0.6 is 11.6 Å². The third-order valence-corrected chi connectivity index (χ3v) is 6.71. The Morgan fingerprint density at radius 2 is 2.00 bits per heavy atom. The van der Waals surface area contributed by atoms with Crippen LogP contribution in [0.4, 0.5) is 5.69 Å². The summed E-state index contributed by atoms with van der Waals surface area (Å²) in [5.74, 6) is 0.0415. The number of amides is 1. The average molecular weight is 394 g/mol. The van der Waals surface area contributed by atoms with Gasteiger partial charge in [0.05, 0.1) is 27.4 Å². The minimum atomic E-state index is -3.65. The largest absolute Gasteiger partial charge is 0.321 e. The van der Waals surface area contributed by atoms with Gasteiger partial charge in [0.2, 0.25) is 10.0 Å². The number of aromatic nitrogens is 1. The number of anilines is 1. The van der Waals surface area contributed by atoms with Crippen molar-refractivity contribution < 1.29 is 13.2 Å². The van der Waals surface area contributed by atoms with E-state index in [1.807, 2.05) is 0 Å². The third-order valence-electron chi connectivity index (χ3n) is 4.48. The zero-order valence-corrected chi connectivity index (χ0v) is 15.9. The summed E-state index contributed by atoms with van der Waals surface area (Å²) in [6, 6.07) is 7.60. The molecule has 0 radical (unpaired) electrons. The molecule has 1 saturated heterocycles. The molecule has 1 amide bonds. The first-order valence-corrected chi connectivity index (χ1v) is 10.2. The van der Waals surface area contributed by atoms with E-state index in [-0.39, 0.29) is 15.5 Å². The van der Waals surface area contributed by atoms with Crippen molar-refractivity contribution in [2.24, 2.45) is 5.92 Å². The van der Waals surface area contributed by atoms with Crippen molar-refractivity contribution in [1.82, 2.24) is 9.29 Å². The number of benzene rings is 1. The van der Waals surface area contributed by atoms with Gasteiger partial charge in [-0.1, -0.05) is 18.5 Å². The van der Waals surface area contributed by atoms with E-state index in [9.17, 15) is 13.2 Å². The summed E-state index contributed by atoms with van der Waals surface area (Å²) in [5, 5.41) is 2.86. The van der Waals surface area contributed by atoms with Gasteiger partial charge in [0, 0.05) is 19.3 Å². The minimum absolute atomic E-state index is 0.0767. The molecule has 1 aromatic heterocycles. The van der Waals surface area contributed by atoms with E-state index in [4.69, 9.17) is 11.6 Å². The highest BCUT2D eigenvalue weighted by Gasteiger charge is 2.29. The number of halogens is 1. The Balaban J connectivity index is 1.86. The normalized spacial score (nSPS) is 16.4. The molecule has 0 spiro atoms. The highest BCUT2D eigenvalue weighted by atomic mass is 35.5. The number of carbonyl (C=O) groups is 1. The smallest absolute Gasteiger partial charge is 0.257 e. The summed E-state index contributed by atoms with van der Waals surface area (Å²) in [5.41, 5.74) is 0.619. The Bertz CT molecular complexity index is 895. The van der Waals surface area contributed by atoms with Crippen LogP contribution in [0.3, 0.4) is 0 Å². The molecular weight excluding hydrogens is 374 g/mol. The van der Waals surface area contributed by atoms with Crippen LogP contribution in [0.25, 0.3) is 0 Å². The van der Waals surface area contributed by atoms with Gasteiger partial charge < -0.3 is 5.32 Å². The molecule has 3 rings (SSSR count). The van der Waals surface area contributed by atoms with Crippen molar-refractivity contribution in [3.05, 3.63) is 53.3 Å². The summed E-state index contributed by atoms with van der Waals surface area (Å²) in [6.07, 6.45) is 4.76. The van der Waals surface area contributed by atoms with Crippen LogP contribution in [0.15, 0.2) is 47.6 Å². The van der Waals surface area contributed by atoms with E-state index < -0.39 is 15.9 Å². The first kappa shape index (κ1) is 18.8. The maximum absolute atomic E-state index is 12.9. The maximum atomic E-state index is 12.9. The standard InChI is InChI=1S/C18H20ClN3O3S/c1-13-6-9-22(10-7-13)26(24,25)15-4-5-17(19)16(11-15)18(23)21-14-3-2-8-20-12-14/h2-5,8,11-13H,6-7,9-10H2,1H3,(H,21,23). The SMILES string of the molecule is CC1CCN(S(=O)(=O)c2ccc(Cl)c(C(=O)Nc3cccnc3)c2)CC1. The van der Waals surface area contributed by atoms with Crippen LogP contribution < -0.4 is 5.32 Å². The van der Waals surface area contributed by atoms with Crippen molar-refractivity contribution in [3.8, 4) is 0 Å². The van der Waals surface area contributed by atoms with Crippen molar-refractivity contribution in [2.75, 3.05) is 18.4 Å². The van der Waals surface area contributed by atoms with Crippen molar-refractivity contribution in [2.45, 2.75) is 24.7 Å². The molecule has 1 aliphatic rings. The van der Waals surface area contributed by atoms with Crippen molar-refractivity contribution in [1.29, 1.82) is 0 Å². The van der Waals surface area contributed by atoms with E-state index in [0.29, 0.717) is 24.7 Å². The molecule has 1 N–H and O–H groups in total. The van der Waals surface area contributed by atoms with E-state index in [0.717, 1.165) is 12.8 Å². The van der Waals surface area contributed by atoms with Gasteiger partial charge in [-0.3, -0.25) is 9.78 Å². The molecule has 2 aromatic rings. The topological polar surface area (TPSA) is 79.4 Å². The van der Waals surface area contributed by atoms with Crippen LogP contribution in [-0.4, -0.2) is 36.7 Å². The lowest BCUT2D eigenvalue weighted by molar-refractivity contribution is 0.102. The molecule has 1 aliphatic heterocycles. The zero-order chi connectivity index (χ0) is 18.7. The molecule has 1 aromatic carbocycles. The van der Waals surface area contributed by atoms with Gasteiger partial charge in [0.25, 0.3) is 5.91 Å². The highest BCUT2D eigenvalue weighted by Crippen LogP contribution is 2.27. The summed E-state index contributed by atoms with van der Waals surface area (Å²) in [6.45, 7) is 3.10. The van der Waals surface area contributed by atoms with Gasteiger partial charge in [-0.05, 0) is 49.1 Å². The van der Waals surface area contributed by atoms with Crippen molar-refractivity contribution in [3.63, 3.8) is 0 Å². The number of pyridine rings is 1. The first-order valence-electron chi connectivity index (χ1n) is 8.39. The Morgan fingerprint density at radius 1 is 1.27 bits per heavy atom. The number of carbonyl (C=O) groups excluding carboxylic acids is 1. The second kappa shape index (κ2) is 7.73. The fourth-order valence-electron chi connectivity index (χ4n) is 2.85. The second-order valence-corrected chi connectivity index (χ2v) is 8.77. The van der Waals surface area contributed by atoms with Crippen LogP contribution in [0.1, 0.15) is 30.1 Å². The Kier molecular flexibility index (Phi) is 5.60. The number of nitrogens with zero attached hydrogens (tertiary/aromatic N) is 2. The highest BCUT2D eigenvalue weighted by molar-refractivity contribution is 7.89. The third kappa shape index (κ3) is 4.06. The first-order chi connectivity index (χ1) is 12.4. The van der Waals surface area contributed by atoms with Crippen LogP contribution in [0, 0.1) is 5.92 Å². The monoisotopic (exact) mass is 393 g/mol. The minimum Gasteiger partial charge on any atom is -0.321 e.